The number of aromatic nitrogens is 2. The summed E-state index contributed by atoms with van der Waals surface area (Å²) in [5, 5.41) is 14.4. The second-order valence-corrected chi connectivity index (χ2v) is 5.35. The number of hydrogen-bond donors (Lipinski definition) is 1. The zero-order chi connectivity index (χ0) is 15.2. The van der Waals surface area contributed by atoms with Gasteiger partial charge in [-0.1, -0.05) is 19.3 Å². The van der Waals surface area contributed by atoms with E-state index in [1.807, 2.05) is 11.8 Å². The molecule has 2 rings (SSSR count). The summed E-state index contributed by atoms with van der Waals surface area (Å²) in [6.07, 6.45) is 5.71. The molecular formula is C14H23N5O2. The van der Waals surface area contributed by atoms with Crippen LogP contribution in [0.25, 0.3) is 0 Å². The van der Waals surface area contributed by atoms with Crippen molar-refractivity contribution in [3.63, 3.8) is 0 Å². The molecule has 0 spiro atoms. The number of nitrogens with zero attached hydrogens (tertiary/aromatic N) is 4. The average Bonchev–Trinajstić information content (AvgIpc) is 2.37. The van der Waals surface area contributed by atoms with Crippen LogP contribution in [0.15, 0.2) is 0 Å². The van der Waals surface area contributed by atoms with Gasteiger partial charge in [0.25, 0.3) is 0 Å². The molecule has 1 aliphatic heterocycles. The lowest BCUT2D eigenvalue weighted by Gasteiger charge is -2.26. The van der Waals surface area contributed by atoms with E-state index in [0.29, 0.717) is 24.0 Å². The van der Waals surface area contributed by atoms with Crippen LogP contribution < -0.4 is 10.2 Å². The summed E-state index contributed by atoms with van der Waals surface area (Å²) in [6.45, 7) is 5.96. The van der Waals surface area contributed by atoms with Crippen LogP contribution in [-0.4, -0.2) is 34.5 Å². The number of nitro groups is 1. The summed E-state index contributed by atoms with van der Waals surface area (Å²) in [7, 11) is 0. The lowest BCUT2D eigenvalue weighted by molar-refractivity contribution is -0.385. The number of aryl methyl sites for hydroxylation is 1. The molecule has 116 valence electrons. The fourth-order valence-corrected chi connectivity index (χ4v) is 2.68. The van der Waals surface area contributed by atoms with Crippen molar-refractivity contribution in [2.75, 3.05) is 29.9 Å². The van der Waals surface area contributed by atoms with Crippen LogP contribution >= 0.6 is 0 Å². The molecule has 0 saturated carbocycles. The molecule has 1 N–H and O–H groups in total. The van der Waals surface area contributed by atoms with Gasteiger partial charge in [-0.2, -0.15) is 4.98 Å². The van der Waals surface area contributed by atoms with Crippen LogP contribution in [0.2, 0.25) is 0 Å². The third kappa shape index (κ3) is 3.80. The molecule has 7 nitrogen and oxygen atoms in total. The first-order valence-electron chi connectivity index (χ1n) is 7.65. The molecule has 7 heteroatoms. The van der Waals surface area contributed by atoms with Crippen molar-refractivity contribution in [1.82, 2.24) is 9.97 Å². The number of nitrogens with one attached hydrogen (secondary N) is 1. The zero-order valence-electron chi connectivity index (χ0n) is 12.8. The SMILES string of the molecule is CCNc1nc(C)c([N+](=O)[O-])c(N2CCCCCCC2)n1. The molecule has 0 bridgehead atoms. The van der Waals surface area contributed by atoms with E-state index in [9.17, 15) is 10.1 Å². The highest BCUT2D eigenvalue weighted by Crippen LogP contribution is 2.31. The second kappa shape index (κ2) is 7.19. The van der Waals surface area contributed by atoms with Crippen LogP contribution in [0.5, 0.6) is 0 Å². The van der Waals surface area contributed by atoms with Gasteiger partial charge in [-0.25, -0.2) is 4.98 Å². The summed E-state index contributed by atoms with van der Waals surface area (Å²) in [4.78, 5) is 21.7. The number of rotatable bonds is 4. The van der Waals surface area contributed by atoms with Gasteiger partial charge in [0.15, 0.2) is 0 Å². The summed E-state index contributed by atoms with van der Waals surface area (Å²) < 4.78 is 0. The van der Waals surface area contributed by atoms with E-state index >= 15 is 0 Å². The maximum Gasteiger partial charge on any atom is 0.332 e. The summed E-state index contributed by atoms with van der Waals surface area (Å²) in [5.74, 6) is 0.933. The Morgan fingerprint density at radius 1 is 1.19 bits per heavy atom. The molecular weight excluding hydrogens is 270 g/mol. The topological polar surface area (TPSA) is 84.2 Å². The van der Waals surface area contributed by atoms with Crippen molar-refractivity contribution in [1.29, 1.82) is 0 Å². The van der Waals surface area contributed by atoms with Crippen molar-refractivity contribution in [3.8, 4) is 0 Å². The largest absolute Gasteiger partial charge is 0.354 e. The quantitative estimate of drug-likeness (QED) is 0.678. The highest BCUT2D eigenvalue weighted by atomic mass is 16.6. The summed E-state index contributed by atoms with van der Waals surface area (Å²) in [6, 6.07) is 0. The smallest absolute Gasteiger partial charge is 0.332 e. The van der Waals surface area contributed by atoms with Gasteiger partial charge in [0.05, 0.1) is 4.92 Å². The minimum Gasteiger partial charge on any atom is -0.354 e. The van der Waals surface area contributed by atoms with Gasteiger partial charge in [-0.3, -0.25) is 10.1 Å². The molecule has 1 fully saturated rings. The van der Waals surface area contributed by atoms with E-state index in [4.69, 9.17) is 0 Å². The number of anilines is 2. The van der Waals surface area contributed by atoms with Gasteiger partial charge >= 0.3 is 5.69 Å². The maximum atomic E-state index is 11.4. The second-order valence-electron chi connectivity index (χ2n) is 5.35. The fraction of sp³-hybridized carbons (Fsp3) is 0.714. The molecule has 0 unspecified atom stereocenters. The van der Waals surface area contributed by atoms with Gasteiger partial charge in [0.1, 0.15) is 5.69 Å². The molecule has 2 heterocycles. The van der Waals surface area contributed by atoms with Crippen molar-refractivity contribution < 1.29 is 4.92 Å². The van der Waals surface area contributed by atoms with Gasteiger partial charge in [-0.05, 0) is 26.7 Å². The Hall–Kier alpha value is -1.92. The molecule has 1 saturated heterocycles. The maximum absolute atomic E-state index is 11.4. The first-order chi connectivity index (χ1) is 10.1. The Bertz CT molecular complexity index is 498. The van der Waals surface area contributed by atoms with Crippen molar-refractivity contribution in [2.45, 2.75) is 46.0 Å². The van der Waals surface area contributed by atoms with Crippen LogP contribution in [0.3, 0.4) is 0 Å². The first-order valence-corrected chi connectivity index (χ1v) is 7.65. The monoisotopic (exact) mass is 293 g/mol. The normalized spacial score (nSPS) is 16.2. The molecule has 21 heavy (non-hydrogen) atoms. The number of hydrogen-bond acceptors (Lipinski definition) is 6. The highest BCUT2D eigenvalue weighted by Gasteiger charge is 2.26. The minimum atomic E-state index is -0.362. The van der Waals surface area contributed by atoms with Crippen LogP contribution in [0.1, 0.15) is 44.7 Å². The highest BCUT2D eigenvalue weighted by molar-refractivity contribution is 5.62. The summed E-state index contributed by atoms with van der Waals surface area (Å²) in [5.41, 5.74) is 0.459. The minimum absolute atomic E-state index is 0.0391. The van der Waals surface area contributed by atoms with Crippen LogP contribution in [0, 0.1) is 17.0 Å². The molecule has 0 radical (unpaired) electrons. The Labute approximate surface area is 124 Å². The predicted octanol–water partition coefficient (Wildman–Crippen LogP) is 2.90. The molecule has 0 atom stereocenters. The van der Waals surface area contributed by atoms with Crippen molar-refractivity contribution in [3.05, 3.63) is 15.8 Å². The van der Waals surface area contributed by atoms with E-state index in [1.165, 1.54) is 19.3 Å². The van der Waals surface area contributed by atoms with Crippen LogP contribution in [-0.2, 0) is 0 Å². The Balaban J connectivity index is 2.39. The zero-order valence-corrected chi connectivity index (χ0v) is 12.8. The van der Waals surface area contributed by atoms with Gasteiger partial charge in [-0.15, -0.1) is 0 Å². The standard InChI is InChI=1S/C14H23N5O2/c1-3-15-14-16-11(2)12(19(20)21)13(17-14)18-9-7-5-4-6-8-10-18/h3-10H2,1-2H3,(H,15,16,17). The van der Waals surface area contributed by atoms with Gasteiger partial charge in [0.2, 0.25) is 11.8 Å². The van der Waals surface area contributed by atoms with Crippen LogP contribution in [0.4, 0.5) is 17.5 Å². The summed E-state index contributed by atoms with van der Waals surface area (Å²) >= 11 is 0. The fourth-order valence-electron chi connectivity index (χ4n) is 2.68. The third-order valence-corrected chi connectivity index (χ3v) is 3.71. The van der Waals surface area contributed by atoms with E-state index in [1.54, 1.807) is 6.92 Å². The molecule has 0 aliphatic carbocycles. The van der Waals surface area contributed by atoms with Gasteiger partial charge in [0, 0.05) is 19.6 Å². The first kappa shape index (κ1) is 15.5. The van der Waals surface area contributed by atoms with Crippen molar-refractivity contribution in [2.24, 2.45) is 0 Å². The molecule has 1 aromatic rings. The van der Waals surface area contributed by atoms with E-state index in [2.05, 4.69) is 15.3 Å². The van der Waals surface area contributed by atoms with E-state index < -0.39 is 0 Å². The molecule has 1 aliphatic rings. The predicted molar refractivity (Wildman–Crippen MR) is 82.9 cm³/mol. The third-order valence-electron chi connectivity index (χ3n) is 3.71. The van der Waals surface area contributed by atoms with Crippen molar-refractivity contribution >= 4 is 17.5 Å². The lowest BCUT2D eigenvalue weighted by Crippen LogP contribution is -2.29. The molecule has 0 amide bonds. The van der Waals surface area contributed by atoms with E-state index in [0.717, 1.165) is 25.9 Å². The average molecular weight is 293 g/mol. The molecule has 0 aromatic carbocycles. The Morgan fingerprint density at radius 3 is 2.38 bits per heavy atom. The van der Waals surface area contributed by atoms with E-state index in [-0.39, 0.29) is 10.6 Å². The Kier molecular flexibility index (Phi) is 5.30. The molecule has 1 aromatic heterocycles. The Morgan fingerprint density at radius 2 is 1.81 bits per heavy atom. The van der Waals surface area contributed by atoms with Gasteiger partial charge < -0.3 is 10.2 Å². The lowest BCUT2D eigenvalue weighted by atomic mass is 10.1.